The molecule has 2 heterocycles. The van der Waals surface area contributed by atoms with Crippen LogP contribution in [0.25, 0.3) is 0 Å². The average molecular weight is 273 g/mol. The summed E-state index contributed by atoms with van der Waals surface area (Å²) in [5.41, 5.74) is 1.27. The Morgan fingerprint density at radius 3 is 2.85 bits per heavy atom. The minimum atomic E-state index is 0.101. The quantitative estimate of drug-likeness (QED) is 0.907. The Kier molecular flexibility index (Phi) is 3.92. The molecule has 0 bridgehead atoms. The smallest absolute Gasteiger partial charge is 0.317 e. The van der Waals surface area contributed by atoms with E-state index >= 15 is 0 Å². The topological polar surface area (TPSA) is 35.6 Å². The number of benzene rings is 1. The number of likely N-dealkylation sites (tertiary alicyclic amines) is 2. The number of carbonyl (C=O) groups excluding carboxylic acids is 1. The normalized spacial score (nSPS) is 25.8. The summed E-state index contributed by atoms with van der Waals surface area (Å²) in [6.07, 6.45) is 2.13. The molecule has 0 spiro atoms. The molecule has 1 aromatic rings. The zero-order valence-electron chi connectivity index (χ0n) is 12.1. The van der Waals surface area contributed by atoms with E-state index in [-0.39, 0.29) is 6.03 Å². The van der Waals surface area contributed by atoms with Gasteiger partial charge in [-0.1, -0.05) is 30.3 Å². The van der Waals surface area contributed by atoms with E-state index in [0.29, 0.717) is 18.5 Å². The molecule has 0 aliphatic carbocycles. The van der Waals surface area contributed by atoms with Crippen LogP contribution in [-0.4, -0.2) is 55.1 Å². The van der Waals surface area contributed by atoms with Crippen molar-refractivity contribution in [3.8, 4) is 0 Å². The van der Waals surface area contributed by atoms with Crippen molar-refractivity contribution in [1.29, 1.82) is 0 Å². The molecule has 1 aromatic carbocycles. The van der Waals surface area contributed by atoms with Crippen molar-refractivity contribution in [3.63, 3.8) is 0 Å². The zero-order chi connectivity index (χ0) is 13.9. The van der Waals surface area contributed by atoms with E-state index in [2.05, 4.69) is 29.4 Å². The molecule has 2 amide bonds. The van der Waals surface area contributed by atoms with Crippen LogP contribution in [0.15, 0.2) is 30.3 Å². The van der Waals surface area contributed by atoms with Crippen LogP contribution in [0.2, 0.25) is 0 Å². The van der Waals surface area contributed by atoms with Gasteiger partial charge in [-0.15, -0.1) is 0 Å². The van der Waals surface area contributed by atoms with E-state index in [0.717, 1.165) is 19.5 Å². The van der Waals surface area contributed by atoms with Crippen LogP contribution in [0.5, 0.6) is 0 Å². The Hall–Kier alpha value is -1.55. The second-order valence-corrected chi connectivity index (χ2v) is 5.97. The number of carbonyl (C=O) groups is 1. The summed E-state index contributed by atoms with van der Waals surface area (Å²) in [6, 6.07) is 11.0. The SMILES string of the molecule is CN1CC[C@H]2CN(C(=O)NCCc3ccccc3)C[C@H]21. The van der Waals surface area contributed by atoms with Crippen molar-refractivity contribution in [1.82, 2.24) is 15.1 Å². The molecule has 2 fully saturated rings. The first-order chi connectivity index (χ1) is 9.74. The predicted molar refractivity (Wildman–Crippen MR) is 79.6 cm³/mol. The second kappa shape index (κ2) is 5.83. The van der Waals surface area contributed by atoms with Crippen LogP contribution < -0.4 is 5.32 Å². The largest absolute Gasteiger partial charge is 0.338 e. The fourth-order valence-corrected chi connectivity index (χ4v) is 3.41. The Morgan fingerprint density at radius 2 is 2.10 bits per heavy atom. The molecule has 4 heteroatoms. The molecule has 2 aliphatic rings. The second-order valence-electron chi connectivity index (χ2n) is 5.97. The summed E-state index contributed by atoms with van der Waals surface area (Å²) >= 11 is 0. The summed E-state index contributed by atoms with van der Waals surface area (Å²) in [5, 5.41) is 3.05. The van der Waals surface area contributed by atoms with Gasteiger partial charge in [0.05, 0.1) is 0 Å². The number of urea groups is 1. The lowest BCUT2D eigenvalue weighted by atomic mass is 10.1. The van der Waals surface area contributed by atoms with Gasteiger partial charge in [0.25, 0.3) is 0 Å². The molecular formula is C16H23N3O. The molecule has 0 saturated carbocycles. The van der Waals surface area contributed by atoms with Gasteiger partial charge in [-0.25, -0.2) is 4.79 Å². The van der Waals surface area contributed by atoms with Crippen LogP contribution >= 0.6 is 0 Å². The molecule has 3 rings (SSSR count). The molecule has 0 aromatic heterocycles. The number of amides is 2. The average Bonchev–Trinajstić information content (AvgIpc) is 3.03. The van der Waals surface area contributed by atoms with Gasteiger partial charge in [0.1, 0.15) is 0 Å². The third kappa shape index (κ3) is 2.80. The number of hydrogen-bond donors (Lipinski definition) is 1. The Balaban J connectivity index is 1.44. The highest BCUT2D eigenvalue weighted by Gasteiger charge is 2.40. The molecule has 2 atom stereocenters. The lowest BCUT2D eigenvalue weighted by Crippen LogP contribution is -2.41. The fourth-order valence-electron chi connectivity index (χ4n) is 3.41. The number of nitrogens with zero attached hydrogens (tertiary/aromatic N) is 2. The summed E-state index contributed by atoms with van der Waals surface area (Å²) < 4.78 is 0. The minimum absolute atomic E-state index is 0.101. The summed E-state index contributed by atoms with van der Waals surface area (Å²) in [7, 11) is 2.17. The molecule has 2 aliphatic heterocycles. The van der Waals surface area contributed by atoms with Gasteiger partial charge in [-0.3, -0.25) is 0 Å². The Labute approximate surface area is 120 Å². The van der Waals surface area contributed by atoms with Crippen molar-refractivity contribution in [2.24, 2.45) is 5.92 Å². The third-order valence-corrected chi connectivity index (χ3v) is 4.65. The summed E-state index contributed by atoms with van der Waals surface area (Å²) in [4.78, 5) is 16.5. The Bertz CT molecular complexity index is 462. The molecule has 1 N–H and O–H groups in total. The third-order valence-electron chi connectivity index (χ3n) is 4.65. The molecule has 2 saturated heterocycles. The van der Waals surface area contributed by atoms with Gasteiger partial charge >= 0.3 is 6.03 Å². The van der Waals surface area contributed by atoms with Crippen LogP contribution in [0.1, 0.15) is 12.0 Å². The number of nitrogens with one attached hydrogen (secondary N) is 1. The fraction of sp³-hybridized carbons (Fsp3) is 0.562. The first-order valence-electron chi connectivity index (χ1n) is 7.51. The molecule has 20 heavy (non-hydrogen) atoms. The van der Waals surface area contributed by atoms with Gasteiger partial charge in [-0.2, -0.15) is 0 Å². The van der Waals surface area contributed by atoms with Crippen LogP contribution in [-0.2, 0) is 6.42 Å². The van der Waals surface area contributed by atoms with Crippen molar-refractivity contribution in [2.45, 2.75) is 18.9 Å². The lowest BCUT2D eigenvalue weighted by molar-refractivity contribution is 0.200. The maximum absolute atomic E-state index is 12.2. The van der Waals surface area contributed by atoms with E-state index in [1.165, 1.54) is 18.5 Å². The van der Waals surface area contributed by atoms with Gasteiger partial charge in [-0.05, 0) is 37.9 Å². The van der Waals surface area contributed by atoms with Gasteiger partial charge < -0.3 is 15.1 Å². The first-order valence-corrected chi connectivity index (χ1v) is 7.51. The van der Waals surface area contributed by atoms with Crippen molar-refractivity contribution in [2.75, 3.05) is 33.2 Å². The van der Waals surface area contributed by atoms with Crippen LogP contribution in [0.4, 0.5) is 4.79 Å². The van der Waals surface area contributed by atoms with Gasteiger partial charge in [0, 0.05) is 25.7 Å². The maximum atomic E-state index is 12.2. The number of likely N-dealkylation sites (N-methyl/N-ethyl adjacent to an activating group) is 1. The summed E-state index contributed by atoms with van der Waals surface area (Å²) in [5.74, 6) is 0.680. The minimum Gasteiger partial charge on any atom is -0.338 e. The van der Waals surface area contributed by atoms with Crippen molar-refractivity contribution in [3.05, 3.63) is 35.9 Å². The standard InChI is InChI=1S/C16H23N3O/c1-18-10-8-14-11-19(12-15(14)18)16(20)17-9-7-13-5-3-2-4-6-13/h2-6,14-15H,7-12H2,1H3,(H,17,20)/t14-,15+/m0/s1. The highest BCUT2D eigenvalue weighted by molar-refractivity contribution is 5.74. The van der Waals surface area contributed by atoms with E-state index in [9.17, 15) is 4.79 Å². The lowest BCUT2D eigenvalue weighted by Gasteiger charge is -2.21. The Morgan fingerprint density at radius 1 is 1.30 bits per heavy atom. The molecule has 0 radical (unpaired) electrons. The van der Waals surface area contributed by atoms with Crippen molar-refractivity contribution >= 4 is 6.03 Å². The highest BCUT2D eigenvalue weighted by Crippen LogP contribution is 2.29. The molecule has 0 unspecified atom stereocenters. The molecule has 108 valence electrons. The van der Waals surface area contributed by atoms with Gasteiger partial charge in [0.2, 0.25) is 0 Å². The monoisotopic (exact) mass is 273 g/mol. The first kappa shape index (κ1) is 13.4. The molecular weight excluding hydrogens is 250 g/mol. The predicted octanol–water partition coefficient (Wildman–Crippen LogP) is 1.57. The maximum Gasteiger partial charge on any atom is 0.317 e. The van der Waals surface area contributed by atoms with E-state index in [4.69, 9.17) is 0 Å². The highest BCUT2D eigenvalue weighted by atomic mass is 16.2. The zero-order valence-corrected chi connectivity index (χ0v) is 12.1. The van der Waals surface area contributed by atoms with Crippen LogP contribution in [0.3, 0.4) is 0 Å². The number of fused-ring (bicyclic) bond motifs is 1. The van der Waals surface area contributed by atoms with Crippen LogP contribution in [0, 0.1) is 5.92 Å². The van der Waals surface area contributed by atoms with Crippen molar-refractivity contribution < 1.29 is 4.79 Å². The van der Waals surface area contributed by atoms with E-state index < -0.39 is 0 Å². The number of rotatable bonds is 3. The number of hydrogen-bond acceptors (Lipinski definition) is 2. The van der Waals surface area contributed by atoms with Gasteiger partial charge in [0.15, 0.2) is 0 Å². The van der Waals surface area contributed by atoms with E-state index in [1.54, 1.807) is 0 Å². The summed E-state index contributed by atoms with van der Waals surface area (Å²) in [6.45, 7) is 3.70. The van der Waals surface area contributed by atoms with E-state index in [1.807, 2.05) is 23.1 Å². The molecule has 4 nitrogen and oxygen atoms in total.